The number of hydrogen-bond acceptors (Lipinski definition) is 6. The van der Waals surface area contributed by atoms with E-state index in [1.165, 1.54) is 0 Å². The Morgan fingerprint density at radius 2 is 1.94 bits per heavy atom. The molecule has 0 aliphatic heterocycles. The summed E-state index contributed by atoms with van der Waals surface area (Å²) in [7, 11) is -4.88. The zero-order chi connectivity index (χ0) is 12.8. The molecule has 1 N–H and O–H groups in total. The predicted molar refractivity (Wildman–Crippen MR) is 52.6 cm³/mol. The van der Waals surface area contributed by atoms with Gasteiger partial charge >= 0.3 is 22.3 Å². The van der Waals surface area contributed by atoms with Gasteiger partial charge in [-0.15, -0.1) is 0 Å². The molecule has 0 aliphatic rings. The number of carbonyl (C=O) groups excluding carboxylic acids is 2. The molecule has 8 heteroatoms. The van der Waals surface area contributed by atoms with E-state index in [0.29, 0.717) is 6.42 Å². The largest absolute Gasteiger partial charge is 0.465 e. The smallest absolute Gasteiger partial charge is 0.449 e. The first-order valence-electron chi connectivity index (χ1n) is 4.31. The summed E-state index contributed by atoms with van der Waals surface area (Å²) in [5.74, 6) is -2.12. The highest BCUT2D eigenvalue weighted by Crippen LogP contribution is 2.05. The van der Waals surface area contributed by atoms with E-state index in [0.717, 1.165) is 0 Å². The lowest BCUT2D eigenvalue weighted by Crippen LogP contribution is -2.16. The standard InChI is InChI=1S/C8H12O7S/c1-3-4-14-7(9)5-6(2)8(10)15-16(11,12)13/h2-5H2,1H3,(H,11,12,13). The summed E-state index contributed by atoms with van der Waals surface area (Å²) in [6, 6.07) is 0. The fourth-order valence-corrected chi connectivity index (χ4v) is 0.977. The van der Waals surface area contributed by atoms with Crippen LogP contribution >= 0.6 is 0 Å². The van der Waals surface area contributed by atoms with Gasteiger partial charge in [-0.1, -0.05) is 13.5 Å². The van der Waals surface area contributed by atoms with Gasteiger partial charge in [-0.25, -0.2) is 4.79 Å². The SMILES string of the molecule is C=C(CC(=O)OCCC)C(=O)OS(=O)(=O)O. The molecule has 0 bridgehead atoms. The minimum absolute atomic E-state index is 0.194. The summed E-state index contributed by atoms with van der Waals surface area (Å²) in [5, 5.41) is 0. The Balaban J connectivity index is 4.16. The zero-order valence-electron chi connectivity index (χ0n) is 8.63. The van der Waals surface area contributed by atoms with Crippen molar-refractivity contribution in [1.29, 1.82) is 0 Å². The van der Waals surface area contributed by atoms with Crippen molar-refractivity contribution in [2.24, 2.45) is 0 Å². The number of hydrogen-bond donors (Lipinski definition) is 1. The summed E-state index contributed by atoms with van der Waals surface area (Å²) in [6.07, 6.45) is 0.127. The average molecular weight is 252 g/mol. The molecule has 16 heavy (non-hydrogen) atoms. The molecule has 0 saturated carbocycles. The first-order chi connectivity index (χ1) is 7.26. The molecule has 0 fully saturated rings. The molecule has 0 unspecified atom stereocenters. The quantitative estimate of drug-likeness (QED) is 0.409. The van der Waals surface area contributed by atoms with E-state index < -0.39 is 34.3 Å². The first-order valence-corrected chi connectivity index (χ1v) is 5.67. The molecule has 0 aromatic rings. The van der Waals surface area contributed by atoms with Crippen molar-refractivity contribution in [3.8, 4) is 0 Å². The number of carbonyl (C=O) groups is 2. The third-order valence-corrected chi connectivity index (χ3v) is 1.66. The van der Waals surface area contributed by atoms with Crippen LogP contribution in [0.15, 0.2) is 12.2 Å². The van der Waals surface area contributed by atoms with E-state index in [1.54, 1.807) is 6.92 Å². The number of rotatable bonds is 6. The van der Waals surface area contributed by atoms with E-state index >= 15 is 0 Å². The van der Waals surface area contributed by atoms with Crippen molar-refractivity contribution < 1.29 is 31.5 Å². The predicted octanol–water partition coefficient (Wildman–Crippen LogP) is 0.232. The molecule has 0 rings (SSSR count). The van der Waals surface area contributed by atoms with E-state index in [2.05, 4.69) is 15.5 Å². The van der Waals surface area contributed by atoms with Crippen molar-refractivity contribution in [3.05, 3.63) is 12.2 Å². The van der Waals surface area contributed by atoms with E-state index in [-0.39, 0.29) is 6.61 Å². The lowest BCUT2D eigenvalue weighted by atomic mass is 10.2. The summed E-state index contributed by atoms with van der Waals surface area (Å²) in [6.45, 7) is 5.12. The lowest BCUT2D eigenvalue weighted by molar-refractivity contribution is -0.144. The van der Waals surface area contributed by atoms with Gasteiger partial charge in [0.1, 0.15) is 0 Å². The van der Waals surface area contributed by atoms with Crippen LogP contribution in [-0.2, 0) is 28.9 Å². The maximum absolute atomic E-state index is 11.0. The topological polar surface area (TPSA) is 107 Å². The summed E-state index contributed by atoms with van der Waals surface area (Å²) in [4.78, 5) is 21.9. The van der Waals surface area contributed by atoms with Crippen molar-refractivity contribution >= 4 is 22.3 Å². The second-order valence-corrected chi connectivity index (χ2v) is 3.82. The van der Waals surface area contributed by atoms with Crippen LogP contribution in [0.3, 0.4) is 0 Å². The summed E-state index contributed by atoms with van der Waals surface area (Å²) >= 11 is 0. The Morgan fingerprint density at radius 3 is 2.38 bits per heavy atom. The van der Waals surface area contributed by atoms with Crippen LogP contribution in [0.5, 0.6) is 0 Å². The first kappa shape index (κ1) is 14.6. The van der Waals surface area contributed by atoms with Gasteiger partial charge in [-0.3, -0.25) is 9.35 Å². The fourth-order valence-electron chi connectivity index (χ4n) is 0.668. The van der Waals surface area contributed by atoms with Gasteiger partial charge in [0.25, 0.3) is 0 Å². The molecule has 0 aliphatic carbocycles. The number of esters is 1. The summed E-state index contributed by atoms with van der Waals surface area (Å²) < 4.78 is 36.7. The molecule has 7 nitrogen and oxygen atoms in total. The van der Waals surface area contributed by atoms with Crippen LogP contribution in [0.1, 0.15) is 19.8 Å². The van der Waals surface area contributed by atoms with Crippen LogP contribution < -0.4 is 0 Å². The highest BCUT2D eigenvalue weighted by Gasteiger charge is 2.19. The molecule has 0 saturated heterocycles. The average Bonchev–Trinajstić information content (AvgIpc) is 2.11. The molecule has 0 aromatic heterocycles. The van der Waals surface area contributed by atoms with Crippen LogP contribution in [0.4, 0.5) is 0 Å². The van der Waals surface area contributed by atoms with E-state index in [4.69, 9.17) is 4.55 Å². The van der Waals surface area contributed by atoms with Gasteiger partial charge in [0, 0.05) is 5.57 Å². The molecule has 0 amide bonds. The molecule has 0 aromatic carbocycles. The minimum atomic E-state index is -4.88. The highest BCUT2D eigenvalue weighted by molar-refractivity contribution is 7.81. The minimum Gasteiger partial charge on any atom is -0.465 e. The van der Waals surface area contributed by atoms with Crippen molar-refractivity contribution in [2.45, 2.75) is 19.8 Å². The van der Waals surface area contributed by atoms with E-state index in [9.17, 15) is 18.0 Å². The molecule has 0 spiro atoms. The van der Waals surface area contributed by atoms with Crippen LogP contribution in [0.25, 0.3) is 0 Å². The van der Waals surface area contributed by atoms with Gasteiger partial charge in [0.2, 0.25) is 0 Å². The van der Waals surface area contributed by atoms with Crippen molar-refractivity contribution in [2.75, 3.05) is 6.61 Å². The van der Waals surface area contributed by atoms with Gasteiger partial charge in [0.05, 0.1) is 13.0 Å². The maximum Gasteiger partial charge on any atom is 0.449 e. The Kier molecular flexibility index (Phi) is 5.68. The summed E-state index contributed by atoms with van der Waals surface area (Å²) in [5.41, 5.74) is -0.418. The molecule has 0 heterocycles. The van der Waals surface area contributed by atoms with Gasteiger partial charge < -0.3 is 8.92 Å². The van der Waals surface area contributed by atoms with Crippen LogP contribution in [0.2, 0.25) is 0 Å². The normalized spacial score (nSPS) is 10.6. The maximum atomic E-state index is 11.0. The number of ether oxygens (including phenoxy) is 1. The monoisotopic (exact) mass is 252 g/mol. The Hall–Kier alpha value is -1.41. The van der Waals surface area contributed by atoms with Gasteiger partial charge in [-0.05, 0) is 6.42 Å². The molecule has 0 radical (unpaired) electrons. The van der Waals surface area contributed by atoms with E-state index in [1.807, 2.05) is 0 Å². The fraction of sp³-hybridized carbons (Fsp3) is 0.500. The third-order valence-electron chi connectivity index (χ3n) is 1.29. The van der Waals surface area contributed by atoms with Crippen LogP contribution in [-0.4, -0.2) is 31.5 Å². The molecule has 92 valence electrons. The molecular weight excluding hydrogens is 240 g/mol. The molecule has 0 atom stereocenters. The van der Waals surface area contributed by atoms with Gasteiger partial charge in [-0.2, -0.15) is 8.42 Å². The second kappa shape index (κ2) is 6.23. The van der Waals surface area contributed by atoms with Crippen LogP contribution in [0, 0.1) is 0 Å². The zero-order valence-corrected chi connectivity index (χ0v) is 9.45. The third kappa shape index (κ3) is 6.96. The second-order valence-electron chi connectivity index (χ2n) is 2.80. The van der Waals surface area contributed by atoms with Crippen molar-refractivity contribution in [3.63, 3.8) is 0 Å². The van der Waals surface area contributed by atoms with Crippen molar-refractivity contribution in [1.82, 2.24) is 0 Å². The van der Waals surface area contributed by atoms with Gasteiger partial charge in [0.15, 0.2) is 0 Å². The highest BCUT2D eigenvalue weighted by atomic mass is 32.3. The lowest BCUT2D eigenvalue weighted by Gasteiger charge is -2.04. The Bertz CT molecular complexity index is 381. The Morgan fingerprint density at radius 1 is 1.38 bits per heavy atom. The molecular formula is C8H12O7S. The Labute approximate surface area is 93.0 Å².